The minimum absolute atomic E-state index is 0.0832. The predicted molar refractivity (Wildman–Crippen MR) is 115 cm³/mol. The van der Waals surface area contributed by atoms with Crippen LogP contribution in [0, 0.1) is 18.8 Å². The summed E-state index contributed by atoms with van der Waals surface area (Å²) in [6.45, 7) is 2.50. The fourth-order valence-electron chi connectivity index (χ4n) is 4.86. The number of nitrogens with zero attached hydrogens (tertiary/aromatic N) is 2. The molecule has 5 rings (SSSR count). The Labute approximate surface area is 175 Å². The second kappa shape index (κ2) is 7.59. The van der Waals surface area contributed by atoms with Gasteiger partial charge in [0.15, 0.2) is 11.5 Å². The van der Waals surface area contributed by atoms with Gasteiger partial charge in [0.05, 0.1) is 5.92 Å². The van der Waals surface area contributed by atoms with Crippen LogP contribution in [0.3, 0.4) is 0 Å². The molecule has 1 fully saturated rings. The van der Waals surface area contributed by atoms with E-state index in [0.717, 1.165) is 43.3 Å². The van der Waals surface area contributed by atoms with E-state index < -0.39 is 0 Å². The quantitative estimate of drug-likeness (QED) is 0.700. The molecule has 0 radical (unpaired) electrons. The molecule has 0 unspecified atom stereocenters. The Morgan fingerprint density at radius 2 is 1.90 bits per heavy atom. The monoisotopic (exact) mass is 403 g/mol. The highest BCUT2D eigenvalue weighted by Gasteiger charge is 2.39. The number of anilines is 2. The van der Waals surface area contributed by atoms with Crippen molar-refractivity contribution in [2.24, 2.45) is 11.8 Å². The van der Waals surface area contributed by atoms with E-state index in [1.807, 2.05) is 41.3 Å². The lowest BCUT2D eigenvalue weighted by Crippen LogP contribution is -2.43. The first kappa shape index (κ1) is 18.9. The number of aromatic nitrogens is 1. The maximum absolute atomic E-state index is 13.4. The summed E-state index contributed by atoms with van der Waals surface area (Å²) >= 11 is 0. The van der Waals surface area contributed by atoms with Gasteiger partial charge in [-0.05, 0) is 49.1 Å². The smallest absolute Gasteiger partial charge is 0.230 e. The molecule has 0 bridgehead atoms. The SMILES string of the molecule is Cc1nc2cc(NC(=O)[C@H]3CCCC[C@H]3C(=O)N3CCc4ccccc43)ccc2o1. The van der Waals surface area contributed by atoms with E-state index >= 15 is 0 Å². The summed E-state index contributed by atoms with van der Waals surface area (Å²) in [5.41, 5.74) is 4.31. The molecule has 1 aromatic heterocycles. The number of carbonyl (C=O) groups excluding carboxylic acids is 2. The zero-order valence-electron chi connectivity index (χ0n) is 17.1. The van der Waals surface area contributed by atoms with Crippen LogP contribution in [-0.4, -0.2) is 23.3 Å². The van der Waals surface area contributed by atoms with E-state index in [0.29, 0.717) is 23.7 Å². The normalized spacial score (nSPS) is 20.9. The first-order chi connectivity index (χ1) is 14.6. The molecule has 2 aromatic carbocycles. The molecule has 2 atom stereocenters. The van der Waals surface area contributed by atoms with Crippen molar-refractivity contribution in [2.75, 3.05) is 16.8 Å². The minimum atomic E-state index is -0.311. The van der Waals surface area contributed by atoms with Crippen molar-refractivity contribution in [3.63, 3.8) is 0 Å². The Bertz CT molecular complexity index is 1120. The van der Waals surface area contributed by atoms with Crippen molar-refractivity contribution in [1.29, 1.82) is 0 Å². The third-order valence-electron chi connectivity index (χ3n) is 6.34. The standard InChI is InChI=1S/C24H25N3O3/c1-15-25-20-14-17(10-11-22(20)30-15)26-23(28)18-7-3-4-8-19(18)24(29)27-13-12-16-6-2-5-9-21(16)27/h2,5-6,9-11,14,18-19H,3-4,7-8,12-13H2,1H3,(H,26,28)/t18-,19+/m0/s1. The Morgan fingerprint density at radius 3 is 2.77 bits per heavy atom. The van der Waals surface area contributed by atoms with Crippen LogP contribution in [0.5, 0.6) is 0 Å². The number of aryl methyl sites for hydroxylation is 1. The van der Waals surface area contributed by atoms with Crippen LogP contribution in [0.2, 0.25) is 0 Å². The number of benzene rings is 2. The molecule has 1 aliphatic carbocycles. The van der Waals surface area contributed by atoms with Crippen molar-refractivity contribution in [2.45, 2.75) is 39.0 Å². The fourth-order valence-corrected chi connectivity index (χ4v) is 4.86. The van der Waals surface area contributed by atoms with Gasteiger partial charge in [0, 0.05) is 30.8 Å². The van der Waals surface area contributed by atoms with Crippen molar-refractivity contribution >= 4 is 34.3 Å². The molecule has 0 spiro atoms. The van der Waals surface area contributed by atoms with Crippen molar-refractivity contribution in [3.05, 3.63) is 53.9 Å². The molecule has 3 aromatic rings. The number of oxazole rings is 1. The zero-order valence-corrected chi connectivity index (χ0v) is 17.1. The van der Waals surface area contributed by atoms with Crippen molar-refractivity contribution < 1.29 is 14.0 Å². The van der Waals surface area contributed by atoms with E-state index in [-0.39, 0.29) is 23.7 Å². The van der Waals surface area contributed by atoms with Crippen LogP contribution in [-0.2, 0) is 16.0 Å². The molecule has 6 nitrogen and oxygen atoms in total. The minimum Gasteiger partial charge on any atom is -0.441 e. The summed E-state index contributed by atoms with van der Waals surface area (Å²) in [6, 6.07) is 13.5. The number of amides is 2. The van der Waals surface area contributed by atoms with Crippen LogP contribution >= 0.6 is 0 Å². The van der Waals surface area contributed by atoms with Gasteiger partial charge in [-0.15, -0.1) is 0 Å². The molecule has 0 saturated heterocycles. The second-order valence-electron chi connectivity index (χ2n) is 8.27. The number of hydrogen-bond acceptors (Lipinski definition) is 4. The maximum atomic E-state index is 13.4. The lowest BCUT2D eigenvalue weighted by molar-refractivity contribution is -0.132. The number of rotatable bonds is 3. The van der Waals surface area contributed by atoms with Gasteiger partial charge in [-0.3, -0.25) is 9.59 Å². The predicted octanol–water partition coefficient (Wildman–Crippen LogP) is 4.47. The van der Waals surface area contributed by atoms with Gasteiger partial charge in [0.2, 0.25) is 11.8 Å². The molecular weight excluding hydrogens is 378 g/mol. The van der Waals surface area contributed by atoms with Gasteiger partial charge in [0.25, 0.3) is 0 Å². The molecule has 1 aliphatic heterocycles. The molecule has 30 heavy (non-hydrogen) atoms. The summed E-state index contributed by atoms with van der Waals surface area (Å²) in [6.07, 6.45) is 4.34. The largest absolute Gasteiger partial charge is 0.441 e. The highest BCUT2D eigenvalue weighted by Crippen LogP contribution is 2.36. The van der Waals surface area contributed by atoms with Crippen LogP contribution in [0.4, 0.5) is 11.4 Å². The van der Waals surface area contributed by atoms with E-state index in [1.165, 1.54) is 5.56 Å². The average Bonchev–Trinajstić information content (AvgIpc) is 3.35. The second-order valence-corrected chi connectivity index (χ2v) is 8.27. The van der Waals surface area contributed by atoms with Crippen LogP contribution in [0.1, 0.15) is 37.1 Å². The van der Waals surface area contributed by atoms with Gasteiger partial charge < -0.3 is 14.6 Å². The highest BCUT2D eigenvalue weighted by atomic mass is 16.3. The van der Waals surface area contributed by atoms with Crippen molar-refractivity contribution in [3.8, 4) is 0 Å². The Hall–Kier alpha value is -3.15. The topological polar surface area (TPSA) is 75.4 Å². The van der Waals surface area contributed by atoms with Gasteiger partial charge in [0.1, 0.15) is 5.52 Å². The van der Waals surface area contributed by atoms with Crippen molar-refractivity contribution in [1.82, 2.24) is 4.98 Å². The van der Waals surface area contributed by atoms with E-state index in [2.05, 4.69) is 16.4 Å². The van der Waals surface area contributed by atoms with Gasteiger partial charge in [-0.1, -0.05) is 31.0 Å². The van der Waals surface area contributed by atoms with Gasteiger partial charge in [-0.25, -0.2) is 4.98 Å². The van der Waals surface area contributed by atoms with E-state index in [9.17, 15) is 9.59 Å². The van der Waals surface area contributed by atoms with Crippen LogP contribution in [0.25, 0.3) is 11.1 Å². The molecule has 2 aliphatic rings. The number of para-hydroxylation sites is 1. The van der Waals surface area contributed by atoms with Gasteiger partial charge in [-0.2, -0.15) is 0 Å². The summed E-state index contributed by atoms with van der Waals surface area (Å²) in [5, 5.41) is 3.02. The Kier molecular flexibility index (Phi) is 4.77. The summed E-state index contributed by atoms with van der Waals surface area (Å²) in [4.78, 5) is 32.8. The van der Waals surface area contributed by atoms with Crippen LogP contribution in [0.15, 0.2) is 46.9 Å². The molecule has 154 valence electrons. The third-order valence-corrected chi connectivity index (χ3v) is 6.34. The van der Waals surface area contributed by atoms with E-state index in [1.54, 1.807) is 6.92 Å². The van der Waals surface area contributed by atoms with Gasteiger partial charge >= 0.3 is 0 Å². The number of nitrogens with one attached hydrogen (secondary N) is 1. The summed E-state index contributed by atoms with van der Waals surface area (Å²) < 4.78 is 5.50. The number of fused-ring (bicyclic) bond motifs is 2. The Morgan fingerprint density at radius 1 is 1.10 bits per heavy atom. The van der Waals surface area contributed by atoms with E-state index in [4.69, 9.17) is 4.42 Å². The fraction of sp³-hybridized carbons (Fsp3) is 0.375. The highest BCUT2D eigenvalue weighted by molar-refractivity contribution is 6.02. The van der Waals surface area contributed by atoms with Crippen LogP contribution < -0.4 is 10.2 Å². The Balaban J connectivity index is 1.35. The summed E-state index contributed by atoms with van der Waals surface area (Å²) in [5.74, 6) is 0.0106. The molecule has 2 amide bonds. The third kappa shape index (κ3) is 3.36. The first-order valence-corrected chi connectivity index (χ1v) is 10.7. The number of carbonyl (C=O) groups is 2. The average molecular weight is 403 g/mol. The number of hydrogen-bond donors (Lipinski definition) is 1. The lowest BCUT2D eigenvalue weighted by atomic mass is 9.77. The maximum Gasteiger partial charge on any atom is 0.230 e. The zero-order chi connectivity index (χ0) is 20.7. The molecule has 6 heteroatoms. The lowest BCUT2D eigenvalue weighted by Gasteiger charge is -2.32. The molecule has 2 heterocycles. The molecular formula is C24H25N3O3. The molecule has 1 saturated carbocycles. The molecule has 1 N–H and O–H groups in total. The summed E-state index contributed by atoms with van der Waals surface area (Å²) in [7, 11) is 0. The first-order valence-electron chi connectivity index (χ1n) is 10.7.